The Morgan fingerprint density at radius 1 is 1.15 bits per heavy atom. The van der Waals surface area contributed by atoms with Crippen molar-refractivity contribution in [3.05, 3.63) is 71.1 Å². The summed E-state index contributed by atoms with van der Waals surface area (Å²) in [4.78, 5) is 28.2. The van der Waals surface area contributed by atoms with Gasteiger partial charge in [-0.1, -0.05) is 41.9 Å². The molecule has 26 heavy (non-hydrogen) atoms. The standard InChI is InChI=1S/C19H19ClN4O2/c1-13(25)22-17(14-5-3-2-4-6-14)9-19(26)21-10-16-12-24-11-15(20)7-8-18(24)23-16/h2-8,11-12,17H,9-10H2,1H3,(H,21,26)(H,22,25). The summed E-state index contributed by atoms with van der Waals surface area (Å²) in [7, 11) is 0. The molecule has 2 amide bonds. The molecule has 6 nitrogen and oxygen atoms in total. The fourth-order valence-corrected chi connectivity index (χ4v) is 2.90. The Bertz CT molecular complexity index is 924. The molecule has 7 heteroatoms. The minimum absolute atomic E-state index is 0.156. The Balaban J connectivity index is 1.63. The number of carbonyl (C=O) groups excluding carboxylic acids is 2. The Morgan fingerprint density at radius 2 is 1.92 bits per heavy atom. The van der Waals surface area contributed by atoms with Crippen LogP contribution >= 0.6 is 11.6 Å². The Labute approximate surface area is 156 Å². The smallest absolute Gasteiger partial charge is 0.222 e. The summed E-state index contributed by atoms with van der Waals surface area (Å²) in [5, 5.41) is 6.28. The fraction of sp³-hybridized carbons (Fsp3) is 0.211. The van der Waals surface area contributed by atoms with Crippen LogP contribution in [-0.4, -0.2) is 21.2 Å². The van der Waals surface area contributed by atoms with Crippen molar-refractivity contribution < 1.29 is 9.59 Å². The van der Waals surface area contributed by atoms with Gasteiger partial charge in [0.05, 0.1) is 29.7 Å². The predicted octanol–water partition coefficient (Wildman–Crippen LogP) is 2.87. The zero-order valence-corrected chi connectivity index (χ0v) is 15.0. The number of amides is 2. The van der Waals surface area contributed by atoms with Crippen molar-refractivity contribution in [1.82, 2.24) is 20.0 Å². The third kappa shape index (κ3) is 4.61. The highest BCUT2D eigenvalue weighted by Crippen LogP contribution is 2.17. The van der Waals surface area contributed by atoms with E-state index in [2.05, 4.69) is 15.6 Å². The average Bonchev–Trinajstić information content (AvgIpc) is 3.02. The summed E-state index contributed by atoms with van der Waals surface area (Å²) in [6.07, 6.45) is 3.74. The van der Waals surface area contributed by atoms with Gasteiger partial charge in [-0.05, 0) is 17.7 Å². The van der Waals surface area contributed by atoms with Gasteiger partial charge in [-0.3, -0.25) is 9.59 Å². The summed E-state index contributed by atoms with van der Waals surface area (Å²) < 4.78 is 1.81. The van der Waals surface area contributed by atoms with Gasteiger partial charge in [-0.25, -0.2) is 4.98 Å². The van der Waals surface area contributed by atoms with Gasteiger partial charge in [0.25, 0.3) is 0 Å². The van der Waals surface area contributed by atoms with Crippen LogP contribution in [0.1, 0.15) is 30.6 Å². The van der Waals surface area contributed by atoms with Crippen molar-refractivity contribution >= 4 is 29.1 Å². The number of halogens is 1. The molecule has 0 bridgehead atoms. The molecule has 3 rings (SSSR count). The zero-order chi connectivity index (χ0) is 18.5. The van der Waals surface area contributed by atoms with Crippen LogP contribution < -0.4 is 10.6 Å². The van der Waals surface area contributed by atoms with Gasteiger partial charge < -0.3 is 15.0 Å². The third-order valence-electron chi connectivity index (χ3n) is 3.90. The van der Waals surface area contributed by atoms with Crippen molar-refractivity contribution in [2.75, 3.05) is 0 Å². The number of imidazole rings is 1. The number of rotatable bonds is 6. The fourth-order valence-electron chi connectivity index (χ4n) is 2.73. The number of nitrogens with one attached hydrogen (secondary N) is 2. The molecular formula is C19H19ClN4O2. The largest absolute Gasteiger partial charge is 0.350 e. The van der Waals surface area contributed by atoms with E-state index in [1.807, 2.05) is 47.0 Å². The summed E-state index contributed by atoms with van der Waals surface area (Å²) in [6.45, 7) is 1.75. The molecule has 2 heterocycles. The number of aromatic nitrogens is 2. The topological polar surface area (TPSA) is 75.5 Å². The molecule has 1 aromatic carbocycles. The maximum Gasteiger partial charge on any atom is 0.222 e. The molecule has 0 radical (unpaired) electrons. The molecule has 1 atom stereocenters. The Morgan fingerprint density at radius 3 is 2.65 bits per heavy atom. The van der Waals surface area contributed by atoms with Crippen LogP contribution in [0.3, 0.4) is 0 Å². The lowest BCUT2D eigenvalue weighted by molar-refractivity contribution is -0.122. The molecule has 0 saturated carbocycles. The Hall–Kier alpha value is -2.86. The maximum atomic E-state index is 12.3. The van der Waals surface area contributed by atoms with Gasteiger partial charge in [0, 0.05) is 19.3 Å². The van der Waals surface area contributed by atoms with E-state index in [9.17, 15) is 9.59 Å². The van der Waals surface area contributed by atoms with Crippen molar-refractivity contribution in [2.24, 2.45) is 0 Å². The lowest BCUT2D eigenvalue weighted by atomic mass is 10.0. The van der Waals surface area contributed by atoms with Crippen LogP contribution in [0.4, 0.5) is 0 Å². The maximum absolute atomic E-state index is 12.3. The van der Waals surface area contributed by atoms with Gasteiger partial charge in [-0.15, -0.1) is 0 Å². The summed E-state index contributed by atoms with van der Waals surface area (Å²) in [5.41, 5.74) is 2.38. The van der Waals surface area contributed by atoms with Crippen molar-refractivity contribution in [2.45, 2.75) is 25.9 Å². The number of fused-ring (bicyclic) bond motifs is 1. The van der Waals surface area contributed by atoms with E-state index in [4.69, 9.17) is 11.6 Å². The molecule has 134 valence electrons. The second kappa shape index (κ2) is 8.01. The van der Waals surface area contributed by atoms with Gasteiger partial charge in [0.15, 0.2) is 0 Å². The van der Waals surface area contributed by atoms with Crippen LogP contribution in [0, 0.1) is 0 Å². The number of pyridine rings is 1. The molecule has 0 spiro atoms. The van der Waals surface area contributed by atoms with E-state index in [0.717, 1.165) is 16.9 Å². The zero-order valence-electron chi connectivity index (χ0n) is 14.3. The highest BCUT2D eigenvalue weighted by molar-refractivity contribution is 6.30. The first kappa shape index (κ1) is 17.9. The van der Waals surface area contributed by atoms with Gasteiger partial charge in [0.2, 0.25) is 11.8 Å². The summed E-state index contributed by atoms with van der Waals surface area (Å²) >= 11 is 5.96. The van der Waals surface area contributed by atoms with Gasteiger partial charge in [-0.2, -0.15) is 0 Å². The summed E-state index contributed by atoms with van der Waals surface area (Å²) in [5.74, 6) is -0.341. The van der Waals surface area contributed by atoms with Crippen molar-refractivity contribution in [1.29, 1.82) is 0 Å². The molecule has 2 aromatic heterocycles. The van der Waals surface area contributed by atoms with Crippen LogP contribution in [0.15, 0.2) is 54.9 Å². The van der Waals surface area contributed by atoms with Crippen LogP contribution in [0.5, 0.6) is 0 Å². The second-order valence-electron chi connectivity index (χ2n) is 5.99. The first-order valence-corrected chi connectivity index (χ1v) is 8.61. The van der Waals surface area contributed by atoms with Crippen molar-refractivity contribution in [3.63, 3.8) is 0 Å². The predicted molar refractivity (Wildman–Crippen MR) is 99.7 cm³/mol. The monoisotopic (exact) mass is 370 g/mol. The molecule has 1 unspecified atom stereocenters. The quantitative estimate of drug-likeness (QED) is 0.700. The highest BCUT2D eigenvalue weighted by atomic mass is 35.5. The highest BCUT2D eigenvalue weighted by Gasteiger charge is 2.17. The molecule has 0 aliphatic carbocycles. The first-order chi connectivity index (χ1) is 12.5. The number of benzene rings is 1. The van der Waals surface area contributed by atoms with Gasteiger partial charge in [0.1, 0.15) is 5.65 Å². The molecule has 0 aliphatic rings. The normalized spacial score (nSPS) is 11.9. The average molecular weight is 371 g/mol. The lowest BCUT2D eigenvalue weighted by Crippen LogP contribution is -2.32. The number of carbonyl (C=O) groups is 2. The summed E-state index contributed by atoms with van der Waals surface area (Å²) in [6, 6.07) is 12.6. The van der Waals surface area contributed by atoms with Crippen LogP contribution in [-0.2, 0) is 16.1 Å². The minimum Gasteiger partial charge on any atom is -0.350 e. The number of hydrogen-bond acceptors (Lipinski definition) is 3. The SMILES string of the molecule is CC(=O)NC(CC(=O)NCc1cn2cc(Cl)ccc2n1)c1ccccc1. The second-order valence-corrected chi connectivity index (χ2v) is 6.43. The first-order valence-electron chi connectivity index (χ1n) is 8.23. The van der Waals surface area contributed by atoms with E-state index >= 15 is 0 Å². The van der Waals surface area contributed by atoms with E-state index in [0.29, 0.717) is 11.6 Å². The van der Waals surface area contributed by atoms with E-state index < -0.39 is 0 Å². The third-order valence-corrected chi connectivity index (χ3v) is 4.12. The van der Waals surface area contributed by atoms with Crippen LogP contribution in [0.25, 0.3) is 5.65 Å². The minimum atomic E-state index is -0.367. The van der Waals surface area contributed by atoms with Gasteiger partial charge >= 0.3 is 0 Å². The van der Waals surface area contributed by atoms with E-state index in [-0.39, 0.29) is 24.3 Å². The molecule has 0 aliphatic heterocycles. The van der Waals surface area contributed by atoms with Crippen LogP contribution in [0.2, 0.25) is 5.02 Å². The van der Waals surface area contributed by atoms with Crippen molar-refractivity contribution in [3.8, 4) is 0 Å². The van der Waals surface area contributed by atoms with E-state index in [1.54, 1.807) is 12.3 Å². The number of nitrogens with zero attached hydrogens (tertiary/aromatic N) is 2. The molecule has 0 fully saturated rings. The molecular weight excluding hydrogens is 352 g/mol. The van der Waals surface area contributed by atoms with E-state index in [1.165, 1.54) is 6.92 Å². The molecule has 3 aromatic rings. The molecule has 0 saturated heterocycles. The number of hydrogen-bond donors (Lipinski definition) is 2. The lowest BCUT2D eigenvalue weighted by Gasteiger charge is -2.17. The Kier molecular flexibility index (Phi) is 5.53. The molecule has 2 N–H and O–H groups in total.